The number of rotatable bonds is 3. The number of sulfonamides is 1. The van der Waals surface area contributed by atoms with Crippen LogP contribution in [-0.2, 0) is 10.0 Å². The molecule has 0 aromatic heterocycles. The van der Waals surface area contributed by atoms with E-state index in [1.54, 1.807) is 4.31 Å². The van der Waals surface area contributed by atoms with Crippen molar-refractivity contribution in [3.63, 3.8) is 0 Å². The van der Waals surface area contributed by atoms with E-state index in [0.29, 0.717) is 18.4 Å². The SMILES string of the molecule is CC(C)CS(=O)(=O)N1CC2CNCC2C1(C)C. The molecule has 4 nitrogen and oxygen atoms in total. The predicted octanol–water partition coefficient (Wildman–Crippen LogP) is 0.902. The van der Waals surface area contributed by atoms with Gasteiger partial charge in [-0.2, -0.15) is 4.31 Å². The summed E-state index contributed by atoms with van der Waals surface area (Å²) < 4.78 is 26.6. The quantitative estimate of drug-likeness (QED) is 0.820. The van der Waals surface area contributed by atoms with Crippen molar-refractivity contribution in [3.8, 4) is 0 Å². The molecule has 2 saturated heterocycles. The molecule has 2 aliphatic rings. The van der Waals surface area contributed by atoms with Crippen LogP contribution in [0.2, 0.25) is 0 Å². The smallest absolute Gasteiger partial charge is 0.214 e. The molecule has 0 aromatic rings. The lowest BCUT2D eigenvalue weighted by atomic mass is 9.85. The van der Waals surface area contributed by atoms with Gasteiger partial charge in [-0.05, 0) is 38.1 Å². The van der Waals surface area contributed by atoms with Crippen LogP contribution in [-0.4, -0.2) is 43.6 Å². The first-order valence-electron chi connectivity index (χ1n) is 6.46. The van der Waals surface area contributed by atoms with Crippen LogP contribution in [0.3, 0.4) is 0 Å². The van der Waals surface area contributed by atoms with Crippen LogP contribution < -0.4 is 5.32 Å². The van der Waals surface area contributed by atoms with Crippen molar-refractivity contribution in [2.75, 3.05) is 25.4 Å². The molecule has 2 atom stereocenters. The summed E-state index contributed by atoms with van der Waals surface area (Å²) in [5.74, 6) is 1.41. The normalized spacial score (nSPS) is 33.2. The highest BCUT2D eigenvalue weighted by Gasteiger charge is 2.53. The third kappa shape index (κ3) is 2.25. The Labute approximate surface area is 105 Å². The fourth-order valence-corrected chi connectivity index (χ4v) is 5.66. The molecule has 100 valence electrons. The maximum Gasteiger partial charge on any atom is 0.214 e. The Balaban J connectivity index is 2.23. The van der Waals surface area contributed by atoms with Crippen LogP contribution in [0.5, 0.6) is 0 Å². The van der Waals surface area contributed by atoms with Crippen molar-refractivity contribution in [1.82, 2.24) is 9.62 Å². The molecule has 2 unspecified atom stereocenters. The van der Waals surface area contributed by atoms with Crippen LogP contribution in [0.4, 0.5) is 0 Å². The summed E-state index contributed by atoms with van der Waals surface area (Å²) in [4.78, 5) is 0. The first-order chi connectivity index (χ1) is 7.75. The number of nitrogens with zero attached hydrogens (tertiary/aromatic N) is 1. The van der Waals surface area contributed by atoms with Crippen molar-refractivity contribution in [2.45, 2.75) is 33.2 Å². The van der Waals surface area contributed by atoms with E-state index in [1.165, 1.54) is 0 Å². The van der Waals surface area contributed by atoms with Gasteiger partial charge < -0.3 is 5.32 Å². The lowest BCUT2D eigenvalue weighted by Gasteiger charge is -2.35. The largest absolute Gasteiger partial charge is 0.316 e. The van der Waals surface area contributed by atoms with Crippen molar-refractivity contribution < 1.29 is 8.42 Å². The summed E-state index contributed by atoms with van der Waals surface area (Å²) in [7, 11) is -3.10. The van der Waals surface area contributed by atoms with Gasteiger partial charge in [-0.25, -0.2) is 8.42 Å². The highest BCUT2D eigenvalue weighted by molar-refractivity contribution is 7.89. The molecule has 2 aliphatic heterocycles. The Morgan fingerprint density at radius 2 is 2.00 bits per heavy atom. The second-order valence-corrected chi connectivity index (χ2v) is 8.32. The summed E-state index contributed by atoms with van der Waals surface area (Å²) in [6.45, 7) is 10.7. The number of nitrogens with one attached hydrogen (secondary N) is 1. The first-order valence-corrected chi connectivity index (χ1v) is 8.07. The molecule has 0 bridgehead atoms. The van der Waals surface area contributed by atoms with Crippen LogP contribution in [0.1, 0.15) is 27.7 Å². The van der Waals surface area contributed by atoms with E-state index in [0.717, 1.165) is 13.1 Å². The minimum absolute atomic E-state index is 0.189. The van der Waals surface area contributed by atoms with Crippen molar-refractivity contribution in [1.29, 1.82) is 0 Å². The number of fused-ring (bicyclic) bond motifs is 1. The molecular weight excluding hydrogens is 236 g/mol. The Morgan fingerprint density at radius 1 is 1.35 bits per heavy atom. The fourth-order valence-electron chi connectivity index (χ4n) is 3.37. The molecule has 0 aromatic carbocycles. The molecule has 17 heavy (non-hydrogen) atoms. The highest BCUT2D eigenvalue weighted by atomic mass is 32.2. The summed E-state index contributed by atoms with van der Waals surface area (Å²) in [5, 5.41) is 3.37. The fraction of sp³-hybridized carbons (Fsp3) is 1.00. The average Bonchev–Trinajstić information content (AvgIpc) is 2.66. The number of hydrogen-bond acceptors (Lipinski definition) is 3. The molecule has 0 aliphatic carbocycles. The van der Waals surface area contributed by atoms with Gasteiger partial charge in [0, 0.05) is 18.6 Å². The summed E-state index contributed by atoms with van der Waals surface area (Å²) >= 11 is 0. The van der Waals surface area contributed by atoms with Crippen molar-refractivity contribution in [3.05, 3.63) is 0 Å². The first kappa shape index (κ1) is 13.3. The Morgan fingerprint density at radius 3 is 2.53 bits per heavy atom. The predicted molar refractivity (Wildman–Crippen MR) is 69.3 cm³/mol. The zero-order chi connectivity index (χ0) is 12.8. The molecule has 0 amide bonds. The van der Waals surface area contributed by atoms with E-state index in [9.17, 15) is 8.42 Å². The molecule has 1 N–H and O–H groups in total. The van der Waals surface area contributed by atoms with E-state index in [4.69, 9.17) is 0 Å². The van der Waals surface area contributed by atoms with Gasteiger partial charge in [-0.15, -0.1) is 0 Å². The monoisotopic (exact) mass is 260 g/mol. The van der Waals surface area contributed by atoms with Gasteiger partial charge in [-0.1, -0.05) is 13.8 Å². The minimum atomic E-state index is -3.10. The summed E-state index contributed by atoms with van der Waals surface area (Å²) in [6.07, 6.45) is 0. The maximum atomic E-state index is 12.4. The second kappa shape index (κ2) is 4.21. The molecule has 0 saturated carbocycles. The van der Waals surface area contributed by atoms with Gasteiger partial charge in [0.2, 0.25) is 10.0 Å². The van der Waals surface area contributed by atoms with Gasteiger partial charge in [0.05, 0.1) is 5.75 Å². The molecule has 2 heterocycles. The molecular formula is C12H24N2O2S. The summed E-state index contributed by atoms with van der Waals surface area (Å²) in [5.41, 5.74) is -0.234. The third-order valence-corrected chi connectivity index (χ3v) is 6.55. The zero-order valence-electron chi connectivity index (χ0n) is 11.2. The summed E-state index contributed by atoms with van der Waals surface area (Å²) in [6, 6.07) is 0. The standard InChI is InChI=1S/C12H24N2O2S/c1-9(2)8-17(15,16)14-7-10-5-13-6-11(10)12(14,3)4/h9-11,13H,5-8H2,1-4H3. The van der Waals surface area contributed by atoms with Crippen molar-refractivity contribution in [2.24, 2.45) is 17.8 Å². The Kier molecular flexibility index (Phi) is 3.30. The molecule has 0 spiro atoms. The average molecular weight is 260 g/mol. The van der Waals surface area contributed by atoms with E-state index in [2.05, 4.69) is 19.2 Å². The van der Waals surface area contributed by atoms with Crippen LogP contribution >= 0.6 is 0 Å². The molecule has 2 fully saturated rings. The molecule has 2 rings (SSSR count). The van der Waals surface area contributed by atoms with E-state index in [-0.39, 0.29) is 17.2 Å². The van der Waals surface area contributed by atoms with Crippen molar-refractivity contribution >= 4 is 10.0 Å². The minimum Gasteiger partial charge on any atom is -0.316 e. The lowest BCUT2D eigenvalue weighted by molar-refractivity contribution is 0.232. The Hall–Kier alpha value is -0.130. The van der Waals surface area contributed by atoms with Gasteiger partial charge in [0.25, 0.3) is 0 Å². The second-order valence-electron chi connectivity index (χ2n) is 6.38. The van der Waals surface area contributed by atoms with Gasteiger partial charge in [0.1, 0.15) is 0 Å². The van der Waals surface area contributed by atoms with E-state index >= 15 is 0 Å². The van der Waals surface area contributed by atoms with Gasteiger partial charge in [0.15, 0.2) is 0 Å². The molecule has 5 heteroatoms. The van der Waals surface area contributed by atoms with E-state index < -0.39 is 10.0 Å². The van der Waals surface area contributed by atoms with Gasteiger partial charge >= 0.3 is 0 Å². The van der Waals surface area contributed by atoms with E-state index in [1.807, 2.05) is 13.8 Å². The van der Waals surface area contributed by atoms with Gasteiger partial charge in [-0.3, -0.25) is 0 Å². The Bertz CT molecular complexity index is 389. The number of hydrogen-bond donors (Lipinski definition) is 1. The zero-order valence-corrected chi connectivity index (χ0v) is 12.0. The highest BCUT2D eigenvalue weighted by Crippen LogP contribution is 2.42. The lowest BCUT2D eigenvalue weighted by Crippen LogP contribution is -2.48. The third-order valence-electron chi connectivity index (χ3n) is 4.17. The maximum absolute atomic E-state index is 12.4. The molecule has 0 radical (unpaired) electrons. The van der Waals surface area contributed by atoms with Crippen LogP contribution in [0, 0.1) is 17.8 Å². The van der Waals surface area contributed by atoms with Crippen LogP contribution in [0.15, 0.2) is 0 Å². The van der Waals surface area contributed by atoms with Crippen LogP contribution in [0.25, 0.3) is 0 Å². The topological polar surface area (TPSA) is 49.4 Å².